The molecule has 6 aromatic rings. The first-order valence-corrected chi connectivity index (χ1v) is 17.6. The number of amides is 1. The number of hydrogen-bond donors (Lipinski definition) is 1. The predicted octanol–water partition coefficient (Wildman–Crippen LogP) is 9.00. The first-order valence-electron chi connectivity index (χ1n) is 15.0. The summed E-state index contributed by atoms with van der Waals surface area (Å²) in [5.74, 6) is -0.875. The molecule has 0 spiro atoms. The summed E-state index contributed by atoms with van der Waals surface area (Å²) in [6, 6.07) is 26.9. The van der Waals surface area contributed by atoms with Gasteiger partial charge >= 0.3 is 5.97 Å². The molecule has 0 fully saturated rings. The Labute approximate surface area is 284 Å². The van der Waals surface area contributed by atoms with Gasteiger partial charge in [0.2, 0.25) is 5.91 Å². The monoisotopic (exact) mass is 677 g/mol. The maximum atomic E-state index is 14.2. The summed E-state index contributed by atoms with van der Waals surface area (Å²) in [5, 5.41) is 7.34. The van der Waals surface area contributed by atoms with Crippen LogP contribution in [0.2, 0.25) is 0 Å². The molecule has 0 aliphatic rings. The molecule has 0 saturated carbocycles. The molecule has 0 saturated heterocycles. The molecule has 1 amide bonds. The lowest BCUT2D eigenvalue weighted by molar-refractivity contribution is -0.115. The van der Waals surface area contributed by atoms with Gasteiger partial charge in [0.15, 0.2) is 5.16 Å². The second-order valence-corrected chi connectivity index (χ2v) is 13.4. The lowest BCUT2D eigenvalue weighted by atomic mass is 10.0. The third-order valence-electron chi connectivity index (χ3n) is 7.49. The molecule has 0 unspecified atom stereocenters. The minimum atomic E-state index is -0.800. The molecule has 3 aromatic heterocycles. The normalized spacial score (nSPS) is 11.7. The number of anilines is 1. The molecular weight excluding hydrogens is 647 g/mol. The summed E-state index contributed by atoms with van der Waals surface area (Å²) < 4.78 is 6.97. The number of thiophene rings is 2. The minimum absolute atomic E-state index is 0.197. The number of ether oxygens (including phenoxy) is 1. The molecule has 0 aliphatic carbocycles. The van der Waals surface area contributed by atoms with Crippen LogP contribution in [-0.4, -0.2) is 28.0 Å². The third-order valence-corrected chi connectivity index (χ3v) is 10.5. The molecule has 0 aliphatic heterocycles. The molecule has 0 bridgehead atoms. The number of allylic oxidation sites excluding steroid dienone is 1. The van der Waals surface area contributed by atoms with Gasteiger partial charge < -0.3 is 10.1 Å². The van der Waals surface area contributed by atoms with E-state index in [1.807, 2.05) is 103 Å². The maximum Gasteiger partial charge on any atom is 0.341 e. The fourth-order valence-electron chi connectivity index (χ4n) is 5.20. The van der Waals surface area contributed by atoms with Gasteiger partial charge in [0.25, 0.3) is 5.56 Å². The van der Waals surface area contributed by atoms with Gasteiger partial charge in [0.05, 0.1) is 12.0 Å². The fraction of sp³-hybridized carbons (Fsp3) is 0.135. The van der Waals surface area contributed by atoms with Crippen LogP contribution < -0.4 is 10.9 Å². The zero-order chi connectivity index (χ0) is 32.9. The van der Waals surface area contributed by atoms with Gasteiger partial charge in [-0.1, -0.05) is 108 Å². The van der Waals surface area contributed by atoms with Crippen molar-refractivity contribution in [3.8, 4) is 22.3 Å². The molecule has 0 radical (unpaired) electrons. The number of benzene rings is 3. The smallest absolute Gasteiger partial charge is 0.341 e. The zero-order valence-electron chi connectivity index (χ0n) is 25.8. The first kappa shape index (κ1) is 32.2. The Bertz CT molecular complexity index is 2120. The molecule has 1 N–H and O–H groups in total. The summed E-state index contributed by atoms with van der Waals surface area (Å²) >= 11 is 3.85. The number of hydrogen-bond acceptors (Lipinski definition) is 8. The van der Waals surface area contributed by atoms with Gasteiger partial charge in [0, 0.05) is 28.4 Å². The molecule has 3 heterocycles. The largest absolute Gasteiger partial charge is 0.462 e. The molecule has 7 nitrogen and oxygen atoms in total. The van der Waals surface area contributed by atoms with Crippen LogP contribution in [0.4, 0.5) is 5.00 Å². The highest BCUT2D eigenvalue weighted by atomic mass is 32.2. The Morgan fingerprint density at radius 1 is 0.957 bits per heavy atom. The van der Waals surface area contributed by atoms with E-state index in [0.717, 1.165) is 27.8 Å². The average Bonchev–Trinajstić information content (AvgIpc) is 3.71. The number of nitrogens with zero attached hydrogens (tertiary/aromatic N) is 2. The number of thioether (sulfide) groups is 1. The second kappa shape index (κ2) is 14.3. The second-order valence-electron chi connectivity index (χ2n) is 10.6. The summed E-state index contributed by atoms with van der Waals surface area (Å²) in [7, 11) is 0. The summed E-state index contributed by atoms with van der Waals surface area (Å²) in [6.45, 7) is 8.06. The van der Waals surface area contributed by atoms with Gasteiger partial charge in [-0.3, -0.25) is 14.2 Å². The van der Waals surface area contributed by atoms with E-state index in [9.17, 15) is 14.4 Å². The van der Waals surface area contributed by atoms with E-state index in [0.29, 0.717) is 31.5 Å². The van der Waals surface area contributed by atoms with E-state index < -0.39 is 11.2 Å². The highest BCUT2D eigenvalue weighted by Crippen LogP contribution is 2.41. The number of carbonyl (C=O) groups excluding carboxylic acids is 2. The van der Waals surface area contributed by atoms with E-state index in [4.69, 9.17) is 9.72 Å². The number of fused-ring (bicyclic) bond motifs is 1. The van der Waals surface area contributed by atoms with Crippen LogP contribution in [0, 0.1) is 6.92 Å². The Balaban J connectivity index is 1.41. The van der Waals surface area contributed by atoms with E-state index in [2.05, 4.69) is 11.9 Å². The summed E-state index contributed by atoms with van der Waals surface area (Å²) in [4.78, 5) is 47.0. The van der Waals surface area contributed by atoms with Crippen molar-refractivity contribution in [2.45, 2.75) is 30.8 Å². The highest BCUT2D eigenvalue weighted by Gasteiger charge is 2.29. The molecule has 6 rings (SSSR count). The number of carbonyl (C=O) groups is 2. The van der Waals surface area contributed by atoms with Crippen molar-refractivity contribution >= 4 is 61.5 Å². The van der Waals surface area contributed by atoms with Gasteiger partial charge in [0.1, 0.15) is 20.6 Å². The van der Waals surface area contributed by atoms with E-state index >= 15 is 0 Å². The number of aromatic nitrogens is 2. The molecule has 10 heteroatoms. The standard InChI is InChI=1S/C37H31N3O4S3/c1-4-20-40-35(42)29-27(25-18-16-23(3)17-19-25)21-45-33(29)39-37(40)47-31(26-14-10-7-11-15-26)32(41)38-34-30(36(43)44-5-2)28(22-46-34)24-12-8-6-9-13-24/h4,6-19,21-22,31H,1,5,20H2,2-3H3,(H,38,41)/t31-/m1/s1. The summed E-state index contributed by atoms with van der Waals surface area (Å²) in [5.41, 5.74) is 5.25. The fourth-order valence-corrected chi connectivity index (χ4v) is 8.26. The van der Waals surface area contributed by atoms with E-state index in [1.54, 1.807) is 17.6 Å². The lowest BCUT2D eigenvalue weighted by Gasteiger charge is -2.19. The maximum absolute atomic E-state index is 14.2. The number of esters is 1. The van der Waals surface area contributed by atoms with Crippen molar-refractivity contribution in [3.63, 3.8) is 0 Å². The van der Waals surface area contributed by atoms with Crippen molar-refractivity contribution in [1.82, 2.24) is 9.55 Å². The van der Waals surface area contributed by atoms with Crippen LogP contribution in [0.5, 0.6) is 0 Å². The Morgan fingerprint density at radius 3 is 2.30 bits per heavy atom. The van der Waals surface area contributed by atoms with Crippen LogP contribution in [-0.2, 0) is 16.1 Å². The molecule has 1 atom stereocenters. The van der Waals surface area contributed by atoms with Crippen molar-refractivity contribution in [3.05, 3.63) is 135 Å². The Hall–Kier alpha value is -4.77. The molecule has 47 heavy (non-hydrogen) atoms. The van der Waals surface area contributed by atoms with Crippen molar-refractivity contribution in [1.29, 1.82) is 0 Å². The predicted molar refractivity (Wildman–Crippen MR) is 194 cm³/mol. The van der Waals surface area contributed by atoms with Crippen LogP contribution in [0.3, 0.4) is 0 Å². The van der Waals surface area contributed by atoms with Gasteiger partial charge in [-0.05, 0) is 30.5 Å². The molecule has 236 valence electrons. The van der Waals surface area contributed by atoms with Gasteiger partial charge in [-0.25, -0.2) is 9.78 Å². The number of rotatable bonds is 11. The lowest BCUT2D eigenvalue weighted by Crippen LogP contribution is -2.25. The summed E-state index contributed by atoms with van der Waals surface area (Å²) in [6.07, 6.45) is 1.65. The topological polar surface area (TPSA) is 90.3 Å². The van der Waals surface area contributed by atoms with Crippen molar-refractivity contribution in [2.75, 3.05) is 11.9 Å². The quantitative estimate of drug-likeness (QED) is 0.0637. The van der Waals surface area contributed by atoms with Gasteiger partial charge in [-0.15, -0.1) is 29.3 Å². The Kier molecular flexibility index (Phi) is 9.81. The van der Waals surface area contributed by atoms with Crippen LogP contribution in [0.1, 0.15) is 33.7 Å². The molecular formula is C37H31N3O4S3. The SMILES string of the molecule is C=CCn1c(S[C@@H](C(=O)Nc2scc(-c3ccccc3)c2C(=O)OCC)c2ccccc2)nc2scc(-c3ccc(C)cc3)c2c1=O. The van der Waals surface area contributed by atoms with E-state index in [1.165, 1.54) is 34.4 Å². The number of nitrogens with one attached hydrogen (secondary N) is 1. The Morgan fingerprint density at radius 2 is 1.62 bits per heavy atom. The zero-order valence-corrected chi connectivity index (χ0v) is 28.2. The first-order chi connectivity index (χ1) is 22.9. The van der Waals surface area contributed by atoms with Crippen molar-refractivity contribution < 1.29 is 14.3 Å². The van der Waals surface area contributed by atoms with Crippen LogP contribution in [0.15, 0.2) is 118 Å². The van der Waals surface area contributed by atoms with Crippen molar-refractivity contribution in [2.24, 2.45) is 0 Å². The molecule has 3 aromatic carbocycles. The average molecular weight is 678 g/mol. The van der Waals surface area contributed by atoms with E-state index in [-0.39, 0.29) is 24.6 Å². The van der Waals surface area contributed by atoms with Crippen LogP contribution in [0.25, 0.3) is 32.5 Å². The highest BCUT2D eigenvalue weighted by molar-refractivity contribution is 8.00. The number of aryl methyl sites for hydroxylation is 1. The van der Waals surface area contributed by atoms with Gasteiger partial charge in [-0.2, -0.15) is 0 Å². The van der Waals surface area contributed by atoms with Crippen LogP contribution >= 0.6 is 34.4 Å². The minimum Gasteiger partial charge on any atom is -0.462 e. The third kappa shape index (κ3) is 6.71.